The number of aryl methyl sites for hydroxylation is 1. The molecule has 1 heterocycles. The van der Waals surface area contributed by atoms with E-state index in [1.807, 2.05) is 13.8 Å². The zero-order valence-corrected chi connectivity index (χ0v) is 21.4. The molecule has 4 rings (SSSR count). The van der Waals surface area contributed by atoms with Crippen LogP contribution in [-0.4, -0.2) is 46.5 Å². The lowest BCUT2D eigenvalue weighted by Gasteiger charge is -2.26. The second-order valence-corrected chi connectivity index (χ2v) is 9.00. The number of benzene rings is 3. The first-order valence-corrected chi connectivity index (χ1v) is 12.2. The number of carbonyl (C=O) groups is 3. The predicted octanol–water partition coefficient (Wildman–Crippen LogP) is 5.11. The van der Waals surface area contributed by atoms with Crippen LogP contribution in [0.3, 0.4) is 0 Å². The van der Waals surface area contributed by atoms with Crippen molar-refractivity contribution in [1.29, 1.82) is 0 Å². The van der Waals surface area contributed by atoms with E-state index in [2.05, 4.69) is 0 Å². The van der Waals surface area contributed by atoms with Crippen LogP contribution in [0.2, 0.25) is 0 Å². The Kier molecular flexibility index (Phi) is 7.81. The minimum absolute atomic E-state index is 0.0206. The molecule has 1 aliphatic heterocycles. The summed E-state index contributed by atoms with van der Waals surface area (Å²) in [5.74, 6) is -1.82. The van der Waals surface area contributed by atoms with Crippen molar-refractivity contribution in [3.63, 3.8) is 0 Å². The molecule has 1 atom stereocenters. The van der Waals surface area contributed by atoms with Crippen molar-refractivity contribution < 1.29 is 34.1 Å². The van der Waals surface area contributed by atoms with E-state index in [9.17, 15) is 24.6 Å². The van der Waals surface area contributed by atoms with Gasteiger partial charge < -0.3 is 24.6 Å². The van der Waals surface area contributed by atoms with E-state index in [1.54, 1.807) is 54.6 Å². The summed E-state index contributed by atoms with van der Waals surface area (Å²) in [6.45, 7) is 4.43. The molecule has 1 fully saturated rings. The van der Waals surface area contributed by atoms with Gasteiger partial charge in [-0.1, -0.05) is 37.3 Å². The zero-order chi connectivity index (χ0) is 27.4. The number of likely N-dealkylation sites (tertiary alicyclic amines) is 1. The Labute approximate surface area is 220 Å². The molecule has 0 aliphatic carbocycles. The highest BCUT2D eigenvalue weighted by Gasteiger charge is 2.47. The van der Waals surface area contributed by atoms with Gasteiger partial charge in [-0.15, -0.1) is 0 Å². The van der Waals surface area contributed by atoms with E-state index >= 15 is 0 Å². The van der Waals surface area contributed by atoms with Gasteiger partial charge in [0.1, 0.15) is 17.3 Å². The highest BCUT2D eigenvalue weighted by Crippen LogP contribution is 2.43. The third-order valence-corrected chi connectivity index (χ3v) is 6.44. The topological polar surface area (TPSA) is 113 Å². The van der Waals surface area contributed by atoms with Gasteiger partial charge in [-0.25, -0.2) is 4.79 Å². The Morgan fingerprint density at radius 3 is 2.26 bits per heavy atom. The van der Waals surface area contributed by atoms with Crippen LogP contribution in [0.25, 0.3) is 5.76 Å². The molecule has 1 saturated heterocycles. The van der Waals surface area contributed by atoms with Crippen molar-refractivity contribution in [2.24, 2.45) is 0 Å². The first kappa shape index (κ1) is 26.5. The molecule has 0 aromatic heterocycles. The number of carbonyl (C=O) groups excluding carboxylic acids is 2. The van der Waals surface area contributed by atoms with Crippen LogP contribution in [0.1, 0.15) is 52.0 Å². The first-order chi connectivity index (χ1) is 18.3. The fourth-order valence-electron chi connectivity index (χ4n) is 4.53. The summed E-state index contributed by atoms with van der Waals surface area (Å²) in [4.78, 5) is 39.3. The van der Waals surface area contributed by atoms with Crippen LogP contribution in [-0.2, 0) is 16.1 Å². The number of methoxy groups -OCH3 is 1. The van der Waals surface area contributed by atoms with Gasteiger partial charge in [0.15, 0.2) is 0 Å². The summed E-state index contributed by atoms with van der Waals surface area (Å²) < 4.78 is 11.3. The lowest BCUT2D eigenvalue weighted by atomic mass is 9.94. The van der Waals surface area contributed by atoms with Crippen molar-refractivity contribution in [3.8, 4) is 11.5 Å². The maximum absolute atomic E-state index is 13.4. The molecule has 8 heteroatoms. The van der Waals surface area contributed by atoms with Crippen LogP contribution in [0.5, 0.6) is 11.5 Å². The molecule has 1 unspecified atom stereocenters. The van der Waals surface area contributed by atoms with Crippen molar-refractivity contribution in [3.05, 3.63) is 100 Å². The van der Waals surface area contributed by atoms with Crippen LogP contribution in [0, 0.1) is 6.92 Å². The summed E-state index contributed by atoms with van der Waals surface area (Å²) in [5, 5.41) is 20.6. The maximum Gasteiger partial charge on any atom is 0.335 e. The summed E-state index contributed by atoms with van der Waals surface area (Å²) in [5.41, 5.74) is 2.39. The van der Waals surface area contributed by atoms with E-state index in [4.69, 9.17) is 9.47 Å². The first-order valence-electron chi connectivity index (χ1n) is 12.2. The van der Waals surface area contributed by atoms with E-state index < -0.39 is 23.7 Å². The number of Topliss-reactive ketones (excluding diaryl/α,β-unsaturated/α-hetero) is 1. The Balaban J connectivity index is 1.82. The third kappa shape index (κ3) is 5.11. The van der Waals surface area contributed by atoms with Gasteiger partial charge in [-0.3, -0.25) is 9.59 Å². The van der Waals surface area contributed by atoms with E-state index in [0.29, 0.717) is 34.8 Å². The molecule has 0 bridgehead atoms. The number of carboxylic acids is 1. The number of ketones is 1. The number of aliphatic hydroxyl groups is 1. The standard InChI is InChI=1S/C30H29NO7/c1-4-15-38-23-14-13-21(16-18(23)2)27(32)25-26(22-7-5-6-8-24(22)37-3)31(29(34)28(25)33)17-19-9-11-20(12-10-19)30(35)36/h5-14,16,26,32H,4,15,17H2,1-3H3,(H,35,36)/b27-25+. The van der Waals surface area contributed by atoms with Gasteiger partial charge in [0.2, 0.25) is 0 Å². The van der Waals surface area contributed by atoms with Gasteiger partial charge in [-0.05, 0) is 60.9 Å². The number of para-hydroxylation sites is 1. The lowest BCUT2D eigenvalue weighted by molar-refractivity contribution is -0.140. The Hall–Kier alpha value is -4.59. The number of hydrogen-bond acceptors (Lipinski definition) is 6. The minimum Gasteiger partial charge on any atom is -0.507 e. The summed E-state index contributed by atoms with van der Waals surface area (Å²) in [6, 6.07) is 17.3. The SMILES string of the molecule is CCCOc1ccc(/C(O)=C2\C(=O)C(=O)N(Cc3ccc(C(=O)O)cc3)C2c2ccccc2OC)cc1C. The van der Waals surface area contributed by atoms with E-state index in [-0.39, 0.29) is 23.4 Å². The molecule has 196 valence electrons. The second kappa shape index (κ2) is 11.2. The number of rotatable bonds is 9. The van der Waals surface area contributed by atoms with Crippen molar-refractivity contribution in [2.75, 3.05) is 13.7 Å². The molecule has 0 saturated carbocycles. The number of nitrogens with zero attached hydrogens (tertiary/aromatic N) is 1. The third-order valence-electron chi connectivity index (χ3n) is 6.44. The monoisotopic (exact) mass is 515 g/mol. The summed E-state index contributed by atoms with van der Waals surface area (Å²) in [6.07, 6.45) is 0.850. The van der Waals surface area contributed by atoms with Gasteiger partial charge in [0.25, 0.3) is 11.7 Å². The van der Waals surface area contributed by atoms with Crippen molar-refractivity contribution >= 4 is 23.4 Å². The lowest BCUT2D eigenvalue weighted by Crippen LogP contribution is -2.29. The minimum atomic E-state index is -1.06. The number of hydrogen-bond donors (Lipinski definition) is 2. The van der Waals surface area contributed by atoms with E-state index in [0.717, 1.165) is 12.0 Å². The molecule has 3 aromatic rings. The molecular weight excluding hydrogens is 486 g/mol. The molecule has 0 radical (unpaired) electrons. The number of carboxylic acid groups (broad SMARTS) is 1. The zero-order valence-electron chi connectivity index (χ0n) is 21.4. The number of aromatic carboxylic acids is 1. The smallest absolute Gasteiger partial charge is 0.335 e. The number of ether oxygens (including phenoxy) is 2. The van der Waals surface area contributed by atoms with Crippen LogP contribution in [0.4, 0.5) is 0 Å². The van der Waals surface area contributed by atoms with Gasteiger partial charge >= 0.3 is 5.97 Å². The normalized spacial score (nSPS) is 16.5. The second-order valence-electron chi connectivity index (χ2n) is 9.00. The van der Waals surface area contributed by atoms with Gasteiger partial charge in [-0.2, -0.15) is 0 Å². The Morgan fingerprint density at radius 1 is 0.947 bits per heavy atom. The van der Waals surface area contributed by atoms with E-state index in [1.165, 1.54) is 24.1 Å². The molecule has 1 amide bonds. The Morgan fingerprint density at radius 2 is 1.63 bits per heavy atom. The predicted molar refractivity (Wildman–Crippen MR) is 141 cm³/mol. The molecule has 3 aromatic carbocycles. The van der Waals surface area contributed by atoms with Crippen LogP contribution >= 0.6 is 0 Å². The largest absolute Gasteiger partial charge is 0.507 e. The average Bonchev–Trinajstić information content (AvgIpc) is 3.17. The Bertz CT molecular complexity index is 1410. The molecule has 38 heavy (non-hydrogen) atoms. The number of amides is 1. The van der Waals surface area contributed by atoms with Crippen LogP contribution in [0.15, 0.2) is 72.3 Å². The average molecular weight is 516 g/mol. The van der Waals surface area contributed by atoms with Gasteiger partial charge in [0, 0.05) is 17.7 Å². The van der Waals surface area contributed by atoms with Gasteiger partial charge in [0.05, 0.1) is 30.9 Å². The van der Waals surface area contributed by atoms with Crippen molar-refractivity contribution in [2.45, 2.75) is 32.9 Å². The molecule has 1 aliphatic rings. The number of aliphatic hydroxyl groups excluding tert-OH is 1. The summed E-state index contributed by atoms with van der Waals surface area (Å²) in [7, 11) is 1.49. The maximum atomic E-state index is 13.4. The van der Waals surface area contributed by atoms with Crippen LogP contribution < -0.4 is 9.47 Å². The highest BCUT2D eigenvalue weighted by molar-refractivity contribution is 6.46. The molecule has 2 N–H and O–H groups in total. The quantitative estimate of drug-likeness (QED) is 0.231. The fraction of sp³-hybridized carbons (Fsp3) is 0.233. The summed E-state index contributed by atoms with van der Waals surface area (Å²) >= 11 is 0. The molecule has 8 nitrogen and oxygen atoms in total. The highest BCUT2D eigenvalue weighted by atomic mass is 16.5. The fourth-order valence-corrected chi connectivity index (χ4v) is 4.53. The van der Waals surface area contributed by atoms with Crippen molar-refractivity contribution in [1.82, 2.24) is 4.90 Å². The molecular formula is C30H29NO7. The molecule has 0 spiro atoms.